The first-order valence-corrected chi connectivity index (χ1v) is 6.50. The van der Waals surface area contributed by atoms with Crippen LogP contribution in [0.2, 0.25) is 0 Å². The molecule has 1 aromatic rings. The van der Waals surface area contributed by atoms with Crippen LogP contribution in [0, 0.1) is 5.41 Å². The molecule has 0 atom stereocenters. The number of benzene rings is 1. The zero-order valence-corrected chi connectivity index (χ0v) is 12.0. The minimum Gasteiger partial charge on any atom is -0.399 e. The van der Waals surface area contributed by atoms with Crippen molar-refractivity contribution in [1.29, 1.82) is 0 Å². The number of nitrogens with two attached hydrogens (primary N) is 1. The molecule has 0 aromatic heterocycles. The van der Waals surface area contributed by atoms with Crippen molar-refractivity contribution in [2.75, 3.05) is 10.6 Å². The van der Waals surface area contributed by atoms with Crippen molar-refractivity contribution in [2.24, 2.45) is 5.41 Å². The Labute approximate surface area is 114 Å². The maximum Gasteiger partial charge on any atom is 0.234 e. The van der Waals surface area contributed by atoms with Crippen molar-refractivity contribution in [3.05, 3.63) is 22.7 Å². The first kappa shape index (κ1) is 13.1. The average molecular weight is 311 g/mol. The summed E-state index contributed by atoms with van der Waals surface area (Å²) in [4.78, 5) is 25.5. The molecule has 0 spiro atoms. The van der Waals surface area contributed by atoms with Gasteiger partial charge < -0.3 is 5.73 Å². The molecule has 96 valence electrons. The predicted molar refractivity (Wildman–Crippen MR) is 74.1 cm³/mol. The van der Waals surface area contributed by atoms with Gasteiger partial charge >= 0.3 is 0 Å². The van der Waals surface area contributed by atoms with Crippen LogP contribution in [0.4, 0.5) is 11.4 Å². The summed E-state index contributed by atoms with van der Waals surface area (Å²) in [5.74, 6) is -0.356. The highest BCUT2D eigenvalue weighted by molar-refractivity contribution is 9.10. The molecular weight excluding hydrogens is 296 g/mol. The molecule has 0 aliphatic carbocycles. The second-order valence-electron chi connectivity index (χ2n) is 5.35. The van der Waals surface area contributed by atoms with Gasteiger partial charge in [-0.1, -0.05) is 13.8 Å². The predicted octanol–water partition coefficient (Wildman–Crippen LogP) is 2.71. The fourth-order valence-electron chi connectivity index (χ4n) is 2.15. The molecule has 18 heavy (non-hydrogen) atoms. The number of nitrogen functional groups attached to an aromatic ring is 1. The Bertz CT molecular complexity index is 506. The number of piperidine rings is 1. The van der Waals surface area contributed by atoms with Crippen LogP contribution in [-0.4, -0.2) is 11.8 Å². The van der Waals surface area contributed by atoms with E-state index in [1.807, 2.05) is 13.8 Å². The molecule has 1 aliphatic heterocycles. The van der Waals surface area contributed by atoms with Crippen molar-refractivity contribution in [3.8, 4) is 0 Å². The van der Waals surface area contributed by atoms with E-state index in [2.05, 4.69) is 15.9 Å². The number of halogens is 1. The number of hydrogen-bond donors (Lipinski definition) is 1. The van der Waals surface area contributed by atoms with E-state index in [4.69, 9.17) is 5.73 Å². The standard InChI is InChI=1S/C13H15BrN2O2/c1-13(2)6-11(17)16(12(18)7-13)10-5-8(15)3-4-9(10)14/h3-5H,6-7,15H2,1-2H3. The second kappa shape index (κ2) is 4.39. The van der Waals surface area contributed by atoms with Crippen LogP contribution in [0.25, 0.3) is 0 Å². The number of hydrogen-bond acceptors (Lipinski definition) is 3. The topological polar surface area (TPSA) is 63.4 Å². The molecule has 0 unspecified atom stereocenters. The van der Waals surface area contributed by atoms with E-state index >= 15 is 0 Å². The van der Waals surface area contributed by atoms with Gasteiger partial charge in [-0.3, -0.25) is 9.59 Å². The highest BCUT2D eigenvalue weighted by atomic mass is 79.9. The number of carbonyl (C=O) groups excluding carboxylic acids is 2. The Kier molecular flexibility index (Phi) is 3.19. The quantitative estimate of drug-likeness (QED) is 0.641. The van der Waals surface area contributed by atoms with Gasteiger partial charge in [-0.15, -0.1) is 0 Å². The average Bonchev–Trinajstić information content (AvgIpc) is 2.20. The van der Waals surface area contributed by atoms with Crippen LogP contribution >= 0.6 is 15.9 Å². The highest BCUT2D eigenvalue weighted by Gasteiger charge is 2.38. The van der Waals surface area contributed by atoms with E-state index in [9.17, 15) is 9.59 Å². The van der Waals surface area contributed by atoms with Crippen molar-refractivity contribution < 1.29 is 9.59 Å². The number of nitrogens with zero attached hydrogens (tertiary/aromatic N) is 1. The molecule has 1 heterocycles. The highest BCUT2D eigenvalue weighted by Crippen LogP contribution is 2.37. The zero-order chi connectivity index (χ0) is 13.5. The Morgan fingerprint density at radius 3 is 2.33 bits per heavy atom. The van der Waals surface area contributed by atoms with Crippen LogP contribution in [0.15, 0.2) is 22.7 Å². The summed E-state index contributed by atoms with van der Waals surface area (Å²) in [6, 6.07) is 5.10. The summed E-state index contributed by atoms with van der Waals surface area (Å²) < 4.78 is 0.693. The van der Waals surface area contributed by atoms with Crippen molar-refractivity contribution in [1.82, 2.24) is 0 Å². The number of carbonyl (C=O) groups is 2. The Hall–Kier alpha value is -1.36. The van der Waals surface area contributed by atoms with Gasteiger partial charge in [-0.2, -0.15) is 0 Å². The summed E-state index contributed by atoms with van der Waals surface area (Å²) in [5, 5.41) is 0. The molecule has 1 aromatic carbocycles. The van der Waals surface area contributed by atoms with Crippen LogP contribution in [0.3, 0.4) is 0 Å². The number of amides is 2. The van der Waals surface area contributed by atoms with Gasteiger partial charge in [0.2, 0.25) is 11.8 Å². The molecular formula is C13H15BrN2O2. The third-order valence-corrected chi connectivity index (χ3v) is 3.64. The van der Waals surface area contributed by atoms with Crippen LogP contribution in [-0.2, 0) is 9.59 Å². The Balaban J connectivity index is 2.42. The zero-order valence-electron chi connectivity index (χ0n) is 10.4. The number of imide groups is 1. The van der Waals surface area contributed by atoms with Gasteiger partial charge in [-0.05, 0) is 39.5 Å². The Morgan fingerprint density at radius 2 is 1.78 bits per heavy atom. The van der Waals surface area contributed by atoms with Crippen molar-refractivity contribution in [2.45, 2.75) is 26.7 Å². The van der Waals surface area contributed by atoms with Crippen LogP contribution in [0.1, 0.15) is 26.7 Å². The summed E-state index contributed by atoms with van der Waals surface area (Å²) >= 11 is 3.35. The monoisotopic (exact) mass is 310 g/mol. The lowest BCUT2D eigenvalue weighted by atomic mass is 9.81. The van der Waals surface area contributed by atoms with Gasteiger partial charge in [-0.25, -0.2) is 4.90 Å². The number of rotatable bonds is 1. The van der Waals surface area contributed by atoms with E-state index < -0.39 is 0 Å². The molecule has 5 heteroatoms. The number of anilines is 2. The van der Waals surface area contributed by atoms with Crippen LogP contribution < -0.4 is 10.6 Å². The fourth-order valence-corrected chi connectivity index (χ4v) is 2.57. The van der Waals surface area contributed by atoms with E-state index in [-0.39, 0.29) is 17.2 Å². The van der Waals surface area contributed by atoms with Gasteiger partial charge in [0.05, 0.1) is 5.69 Å². The molecule has 0 saturated carbocycles. The molecule has 1 aliphatic rings. The van der Waals surface area contributed by atoms with E-state index in [1.165, 1.54) is 4.90 Å². The molecule has 1 fully saturated rings. The smallest absolute Gasteiger partial charge is 0.234 e. The molecule has 4 nitrogen and oxygen atoms in total. The minimum absolute atomic E-state index is 0.178. The maximum atomic E-state index is 12.1. The second-order valence-corrected chi connectivity index (χ2v) is 6.21. The van der Waals surface area contributed by atoms with E-state index in [1.54, 1.807) is 18.2 Å². The van der Waals surface area contributed by atoms with E-state index in [0.717, 1.165) is 0 Å². The summed E-state index contributed by atoms with van der Waals surface area (Å²) in [7, 11) is 0. The maximum absolute atomic E-state index is 12.1. The summed E-state index contributed by atoms with van der Waals surface area (Å²) in [5.41, 5.74) is 6.50. The normalized spacial score (nSPS) is 19.2. The SMILES string of the molecule is CC1(C)CC(=O)N(c2cc(N)ccc2Br)C(=O)C1. The van der Waals surface area contributed by atoms with Gasteiger partial charge in [0, 0.05) is 23.0 Å². The molecule has 2 N–H and O–H groups in total. The van der Waals surface area contributed by atoms with Gasteiger partial charge in [0.1, 0.15) is 0 Å². The largest absolute Gasteiger partial charge is 0.399 e. The van der Waals surface area contributed by atoms with Crippen LogP contribution in [0.5, 0.6) is 0 Å². The lowest BCUT2D eigenvalue weighted by Crippen LogP contribution is -2.46. The van der Waals surface area contributed by atoms with Gasteiger partial charge in [0.25, 0.3) is 0 Å². The molecule has 2 amide bonds. The first-order valence-electron chi connectivity index (χ1n) is 5.71. The molecule has 0 radical (unpaired) electrons. The Morgan fingerprint density at radius 1 is 1.22 bits per heavy atom. The molecule has 1 saturated heterocycles. The van der Waals surface area contributed by atoms with Crippen molar-refractivity contribution >= 4 is 39.1 Å². The first-order chi connectivity index (χ1) is 8.30. The minimum atomic E-state index is -0.266. The lowest BCUT2D eigenvalue weighted by molar-refractivity contribution is -0.132. The third kappa shape index (κ3) is 2.41. The summed E-state index contributed by atoms with van der Waals surface area (Å²) in [6.07, 6.45) is 0.722. The van der Waals surface area contributed by atoms with Crippen molar-refractivity contribution in [3.63, 3.8) is 0 Å². The lowest BCUT2D eigenvalue weighted by Gasteiger charge is -2.35. The van der Waals surface area contributed by atoms with E-state index in [0.29, 0.717) is 28.7 Å². The fraction of sp³-hybridized carbons (Fsp3) is 0.385. The summed E-state index contributed by atoms with van der Waals surface area (Å²) in [6.45, 7) is 3.85. The third-order valence-electron chi connectivity index (χ3n) is 2.97. The van der Waals surface area contributed by atoms with Gasteiger partial charge in [0.15, 0.2) is 0 Å². The molecule has 2 rings (SSSR count). The molecule has 0 bridgehead atoms.